The Hall–Kier alpha value is -3.19. The normalized spacial score (nSPS) is 21.6. The molecule has 0 aliphatic heterocycles. The van der Waals surface area contributed by atoms with Gasteiger partial charge in [-0.05, 0) is 62.1 Å². The second-order valence-electron chi connectivity index (χ2n) is 10.2. The Morgan fingerprint density at radius 3 is 2.50 bits per heavy atom. The first kappa shape index (κ1) is 24.5. The zero-order valence-corrected chi connectivity index (χ0v) is 21.6. The number of aromatic nitrogens is 3. The maximum absolute atomic E-state index is 12.0. The number of nitrogens with zero attached hydrogens (tertiary/aromatic N) is 3. The first-order valence-electron chi connectivity index (χ1n) is 12.5. The van der Waals surface area contributed by atoms with Crippen molar-refractivity contribution in [2.75, 3.05) is 14.1 Å². The molecule has 1 atom stereocenters. The number of H-pyrrole nitrogens is 1. The standard InChI is InChI=1S/C28H31ClN4O3/c1-16(34)12-17-4-6-18(7-5-17)19-8-10-20(11-9-19)25-23(29)15-24-26(31-25)32-28(30-24)36-22-13-21(14-22)27(35)33(2)3/h6,8-11,15,17,21-22H,4-5,7,12-14H2,1-3H3,(H,30,31,32). The molecule has 36 heavy (non-hydrogen) atoms. The van der Waals surface area contributed by atoms with Crippen molar-refractivity contribution in [3.05, 3.63) is 47.0 Å². The van der Waals surface area contributed by atoms with E-state index in [0.717, 1.165) is 24.8 Å². The number of ether oxygens (including phenoxy) is 1. The minimum atomic E-state index is -0.0335. The van der Waals surface area contributed by atoms with Crippen LogP contribution in [0, 0.1) is 11.8 Å². The second-order valence-corrected chi connectivity index (χ2v) is 10.6. The number of fused-ring (bicyclic) bond motifs is 1. The molecule has 188 valence electrons. The Morgan fingerprint density at radius 2 is 1.86 bits per heavy atom. The number of imidazole rings is 1. The van der Waals surface area contributed by atoms with Crippen LogP contribution in [0.2, 0.25) is 5.02 Å². The summed E-state index contributed by atoms with van der Waals surface area (Å²) in [4.78, 5) is 37.4. The molecule has 2 aliphatic carbocycles. The highest BCUT2D eigenvalue weighted by Gasteiger charge is 2.37. The average Bonchev–Trinajstić information content (AvgIpc) is 3.21. The van der Waals surface area contributed by atoms with Gasteiger partial charge in [0.05, 0.1) is 16.2 Å². The topological polar surface area (TPSA) is 88.2 Å². The van der Waals surface area contributed by atoms with E-state index in [-0.39, 0.29) is 23.7 Å². The maximum Gasteiger partial charge on any atom is 0.296 e. The predicted octanol–water partition coefficient (Wildman–Crippen LogP) is 5.69. The lowest BCUT2D eigenvalue weighted by Crippen LogP contribution is -2.43. The smallest absolute Gasteiger partial charge is 0.296 e. The molecule has 0 bridgehead atoms. The lowest BCUT2D eigenvalue weighted by Gasteiger charge is -2.34. The highest BCUT2D eigenvalue weighted by molar-refractivity contribution is 6.33. The Balaban J connectivity index is 1.27. The Morgan fingerprint density at radius 1 is 1.14 bits per heavy atom. The third-order valence-corrected chi connectivity index (χ3v) is 7.48. The van der Waals surface area contributed by atoms with E-state index < -0.39 is 0 Å². The molecule has 1 unspecified atom stereocenters. The highest BCUT2D eigenvalue weighted by Crippen LogP contribution is 2.35. The summed E-state index contributed by atoms with van der Waals surface area (Å²) in [6.45, 7) is 1.67. The van der Waals surface area contributed by atoms with Gasteiger partial charge in [0.2, 0.25) is 5.91 Å². The number of ketones is 1. The number of hydrogen-bond acceptors (Lipinski definition) is 5. The van der Waals surface area contributed by atoms with E-state index in [9.17, 15) is 9.59 Å². The lowest BCUT2D eigenvalue weighted by atomic mass is 9.81. The molecule has 5 rings (SSSR count). The van der Waals surface area contributed by atoms with E-state index in [1.807, 2.05) is 18.2 Å². The van der Waals surface area contributed by atoms with Crippen LogP contribution >= 0.6 is 11.6 Å². The number of amides is 1. The summed E-state index contributed by atoms with van der Waals surface area (Å²) >= 11 is 6.59. The van der Waals surface area contributed by atoms with Crippen LogP contribution in [-0.4, -0.2) is 51.7 Å². The molecule has 2 aliphatic rings. The van der Waals surface area contributed by atoms with Gasteiger partial charge in [-0.25, -0.2) is 4.98 Å². The molecule has 2 aromatic heterocycles. The number of carbonyl (C=O) groups is 2. The van der Waals surface area contributed by atoms with Gasteiger partial charge < -0.3 is 19.4 Å². The predicted molar refractivity (Wildman–Crippen MR) is 141 cm³/mol. The summed E-state index contributed by atoms with van der Waals surface area (Å²) in [7, 11) is 3.55. The van der Waals surface area contributed by atoms with E-state index in [4.69, 9.17) is 21.3 Å². The number of nitrogens with one attached hydrogen (secondary N) is 1. The van der Waals surface area contributed by atoms with Crippen molar-refractivity contribution in [3.8, 4) is 17.3 Å². The fourth-order valence-corrected chi connectivity index (χ4v) is 5.39. The number of Topliss-reactive ketones (excluding diaryl/α,β-unsaturated/α-hetero) is 1. The molecular formula is C28H31ClN4O3. The zero-order valence-electron chi connectivity index (χ0n) is 20.9. The van der Waals surface area contributed by atoms with Crippen LogP contribution < -0.4 is 4.74 Å². The summed E-state index contributed by atoms with van der Waals surface area (Å²) in [6.07, 6.45) is 7.28. The second kappa shape index (κ2) is 10.1. The van der Waals surface area contributed by atoms with Crippen molar-refractivity contribution in [2.45, 2.75) is 51.6 Å². The number of benzene rings is 1. The van der Waals surface area contributed by atoms with Crippen LogP contribution in [0.3, 0.4) is 0 Å². The first-order valence-corrected chi connectivity index (χ1v) is 12.9. The van der Waals surface area contributed by atoms with Crippen LogP contribution in [-0.2, 0) is 9.59 Å². The van der Waals surface area contributed by atoms with Gasteiger partial charge in [0.1, 0.15) is 11.9 Å². The summed E-state index contributed by atoms with van der Waals surface area (Å²) in [5.41, 5.74) is 5.37. The third kappa shape index (κ3) is 5.16. The van der Waals surface area contributed by atoms with Crippen LogP contribution in [0.1, 0.15) is 51.0 Å². The molecule has 1 amide bonds. The molecule has 3 aromatic rings. The zero-order chi connectivity index (χ0) is 25.4. The van der Waals surface area contributed by atoms with Gasteiger partial charge in [0, 0.05) is 32.0 Å². The first-order chi connectivity index (χ1) is 17.3. The van der Waals surface area contributed by atoms with Gasteiger partial charge in [-0.15, -0.1) is 0 Å². The summed E-state index contributed by atoms with van der Waals surface area (Å²) in [5.74, 6) is 0.893. The number of allylic oxidation sites excluding steroid dienone is 2. The molecule has 1 aromatic carbocycles. The largest absolute Gasteiger partial charge is 0.461 e. The fraction of sp³-hybridized carbons (Fsp3) is 0.429. The highest BCUT2D eigenvalue weighted by atomic mass is 35.5. The molecular weight excluding hydrogens is 476 g/mol. The van der Waals surface area contributed by atoms with Gasteiger partial charge in [-0.1, -0.05) is 41.9 Å². The molecule has 7 nitrogen and oxygen atoms in total. The number of aromatic amines is 1. The summed E-state index contributed by atoms with van der Waals surface area (Å²) < 4.78 is 5.95. The van der Waals surface area contributed by atoms with Gasteiger partial charge in [0.15, 0.2) is 5.65 Å². The third-order valence-electron chi connectivity index (χ3n) is 7.19. The monoisotopic (exact) mass is 506 g/mol. The van der Waals surface area contributed by atoms with Gasteiger partial charge in [-0.2, -0.15) is 4.98 Å². The molecule has 8 heteroatoms. The fourth-order valence-electron chi connectivity index (χ4n) is 5.13. The number of hydrogen-bond donors (Lipinski definition) is 1. The molecule has 0 saturated heterocycles. The van der Waals surface area contributed by atoms with Crippen molar-refractivity contribution in [1.82, 2.24) is 19.9 Å². The molecule has 1 N–H and O–H groups in total. The van der Waals surface area contributed by atoms with E-state index in [1.54, 1.807) is 25.9 Å². The molecule has 1 saturated carbocycles. The van der Waals surface area contributed by atoms with Crippen molar-refractivity contribution in [2.24, 2.45) is 11.8 Å². The molecule has 0 radical (unpaired) electrons. The minimum absolute atomic E-state index is 0.0165. The Bertz CT molecular complexity index is 1320. The van der Waals surface area contributed by atoms with Gasteiger partial charge in [-0.3, -0.25) is 4.79 Å². The quantitative estimate of drug-likeness (QED) is 0.445. The summed E-state index contributed by atoms with van der Waals surface area (Å²) in [5, 5.41) is 0.537. The maximum atomic E-state index is 12.0. The van der Waals surface area contributed by atoms with E-state index in [0.29, 0.717) is 53.1 Å². The van der Waals surface area contributed by atoms with Crippen molar-refractivity contribution in [1.29, 1.82) is 0 Å². The number of rotatable bonds is 7. The Labute approximate surface area is 215 Å². The van der Waals surface area contributed by atoms with Gasteiger partial charge in [0.25, 0.3) is 6.01 Å². The number of halogens is 1. The number of carbonyl (C=O) groups excluding carboxylic acids is 2. The van der Waals surface area contributed by atoms with Crippen LogP contribution in [0.5, 0.6) is 6.01 Å². The molecule has 1 fully saturated rings. The van der Waals surface area contributed by atoms with E-state index >= 15 is 0 Å². The van der Waals surface area contributed by atoms with Crippen molar-refractivity contribution < 1.29 is 14.3 Å². The van der Waals surface area contributed by atoms with Crippen LogP contribution in [0.4, 0.5) is 0 Å². The SMILES string of the molecule is CC(=O)CC1CC=C(c2ccc(-c3nc4nc(OC5CC(C(=O)N(C)C)C5)[nH]c4cc3Cl)cc2)CC1. The van der Waals surface area contributed by atoms with E-state index in [1.165, 1.54) is 11.1 Å². The molecule has 2 heterocycles. The van der Waals surface area contributed by atoms with E-state index in [2.05, 4.69) is 28.2 Å². The average molecular weight is 507 g/mol. The van der Waals surface area contributed by atoms with Gasteiger partial charge >= 0.3 is 0 Å². The number of pyridine rings is 1. The van der Waals surface area contributed by atoms with Crippen molar-refractivity contribution >= 4 is 40.0 Å². The van der Waals surface area contributed by atoms with Crippen LogP contribution in [0.15, 0.2) is 36.4 Å². The van der Waals surface area contributed by atoms with Crippen LogP contribution in [0.25, 0.3) is 28.0 Å². The Kier molecular flexibility index (Phi) is 6.84. The minimum Gasteiger partial charge on any atom is -0.461 e. The lowest BCUT2D eigenvalue weighted by molar-refractivity contribution is -0.139. The molecule has 0 spiro atoms. The summed E-state index contributed by atoms with van der Waals surface area (Å²) in [6, 6.07) is 10.5. The van der Waals surface area contributed by atoms with Crippen molar-refractivity contribution in [3.63, 3.8) is 0 Å².